The van der Waals surface area contributed by atoms with Gasteiger partial charge in [0, 0.05) is 31.6 Å². The van der Waals surface area contributed by atoms with Crippen molar-refractivity contribution in [2.24, 2.45) is 5.92 Å². The van der Waals surface area contributed by atoms with Gasteiger partial charge in [0.15, 0.2) is 0 Å². The molecule has 0 saturated carbocycles. The number of piperidine rings is 1. The van der Waals surface area contributed by atoms with E-state index in [0.29, 0.717) is 11.8 Å². The molecule has 2 aliphatic heterocycles. The van der Waals surface area contributed by atoms with Crippen molar-refractivity contribution in [1.29, 1.82) is 0 Å². The Morgan fingerprint density at radius 1 is 1.16 bits per heavy atom. The first-order valence-electron chi connectivity index (χ1n) is 9.56. The fourth-order valence-corrected chi connectivity index (χ4v) is 3.85. The lowest BCUT2D eigenvalue weighted by molar-refractivity contribution is -0.131. The van der Waals surface area contributed by atoms with E-state index in [1.54, 1.807) is 7.11 Å². The first-order valence-corrected chi connectivity index (χ1v) is 9.56. The Bertz CT molecular complexity index is 585. The zero-order valence-corrected chi connectivity index (χ0v) is 15.3. The lowest BCUT2D eigenvalue weighted by atomic mass is 9.93. The molecule has 0 spiro atoms. The van der Waals surface area contributed by atoms with Gasteiger partial charge >= 0.3 is 0 Å². The Labute approximate surface area is 151 Å². The molecular formula is C21H30N2O2. The van der Waals surface area contributed by atoms with Gasteiger partial charge in [0.05, 0.1) is 7.11 Å². The maximum absolute atomic E-state index is 12.3. The zero-order chi connectivity index (χ0) is 17.5. The van der Waals surface area contributed by atoms with Crippen molar-refractivity contribution in [3.8, 4) is 5.75 Å². The van der Waals surface area contributed by atoms with Crippen molar-refractivity contribution in [1.82, 2.24) is 9.80 Å². The normalized spacial score (nSPS) is 19.6. The van der Waals surface area contributed by atoms with E-state index in [9.17, 15) is 4.79 Å². The van der Waals surface area contributed by atoms with Crippen LogP contribution in [0.25, 0.3) is 6.08 Å². The largest absolute Gasteiger partial charge is 0.496 e. The molecule has 2 heterocycles. The molecule has 2 aliphatic rings. The minimum atomic E-state index is 0.381. The molecule has 2 saturated heterocycles. The standard InChI is InChI=1S/C21H30N2O2/c1-25-20-9-3-2-7-19(20)8-6-12-22-15-10-18(11-16-22)17-21(24)23-13-4-5-14-23/h2-3,6-9,18H,4-5,10-17H2,1H3. The summed E-state index contributed by atoms with van der Waals surface area (Å²) >= 11 is 0. The smallest absolute Gasteiger partial charge is 0.222 e. The highest BCUT2D eigenvalue weighted by Crippen LogP contribution is 2.23. The molecule has 136 valence electrons. The number of methoxy groups -OCH3 is 1. The van der Waals surface area contributed by atoms with E-state index < -0.39 is 0 Å². The van der Waals surface area contributed by atoms with Crippen LogP contribution in [0.5, 0.6) is 5.75 Å². The van der Waals surface area contributed by atoms with E-state index in [0.717, 1.165) is 63.3 Å². The lowest BCUT2D eigenvalue weighted by Crippen LogP contribution is -2.36. The molecule has 4 nitrogen and oxygen atoms in total. The SMILES string of the molecule is COc1ccccc1C=CCN1CCC(CC(=O)N2CCCC2)CC1. The number of para-hydroxylation sites is 1. The van der Waals surface area contributed by atoms with Crippen LogP contribution in [0.3, 0.4) is 0 Å². The van der Waals surface area contributed by atoms with E-state index in [-0.39, 0.29) is 0 Å². The fraction of sp³-hybridized carbons (Fsp3) is 0.571. The third kappa shape index (κ3) is 5.08. The summed E-state index contributed by atoms with van der Waals surface area (Å²) in [7, 11) is 1.71. The Kier molecular flexibility index (Phi) is 6.51. The zero-order valence-electron chi connectivity index (χ0n) is 15.3. The summed E-state index contributed by atoms with van der Waals surface area (Å²) in [6.45, 7) is 5.10. The maximum Gasteiger partial charge on any atom is 0.222 e. The Morgan fingerprint density at radius 2 is 1.88 bits per heavy atom. The molecule has 1 amide bonds. The van der Waals surface area contributed by atoms with Crippen LogP contribution in [0, 0.1) is 5.92 Å². The molecule has 3 rings (SSSR count). The molecule has 0 radical (unpaired) electrons. The van der Waals surface area contributed by atoms with E-state index in [4.69, 9.17) is 4.74 Å². The summed E-state index contributed by atoms with van der Waals surface area (Å²) in [5, 5.41) is 0. The molecular weight excluding hydrogens is 312 g/mol. The number of rotatable bonds is 6. The number of hydrogen-bond acceptors (Lipinski definition) is 3. The van der Waals surface area contributed by atoms with Gasteiger partial charge < -0.3 is 9.64 Å². The van der Waals surface area contributed by atoms with Gasteiger partial charge in [-0.1, -0.05) is 30.4 Å². The van der Waals surface area contributed by atoms with Crippen molar-refractivity contribution in [2.75, 3.05) is 39.8 Å². The predicted octanol–water partition coefficient (Wildman–Crippen LogP) is 3.43. The van der Waals surface area contributed by atoms with Crippen molar-refractivity contribution in [3.63, 3.8) is 0 Å². The Morgan fingerprint density at radius 3 is 2.60 bits per heavy atom. The predicted molar refractivity (Wildman–Crippen MR) is 102 cm³/mol. The Hall–Kier alpha value is -1.81. The quantitative estimate of drug-likeness (QED) is 0.794. The van der Waals surface area contributed by atoms with Gasteiger partial charge in [0.2, 0.25) is 5.91 Å². The van der Waals surface area contributed by atoms with E-state index in [1.807, 2.05) is 18.2 Å². The summed E-state index contributed by atoms with van der Waals surface area (Å²) in [5.74, 6) is 1.87. The molecule has 1 aromatic carbocycles. The number of amides is 1. The van der Waals surface area contributed by atoms with Crippen LogP contribution < -0.4 is 4.74 Å². The van der Waals surface area contributed by atoms with Gasteiger partial charge in [0.1, 0.15) is 5.75 Å². The molecule has 0 unspecified atom stereocenters. The maximum atomic E-state index is 12.3. The summed E-state index contributed by atoms with van der Waals surface area (Å²) in [6, 6.07) is 8.09. The minimum Gasteiger partial charge on any atom is -0.496 e. The van der Waals surface area contributed by atoms with E-state index >= 15 is 0 Å². The van der Waals surface area contributed by atoms with Crippen LogP contribution in [-0.2, 0) is 4.79 Å². The molecule has 0 bridgehead atoms. The molecule has 1 aromatic rings. The van der Waals surface area contributed by atoms with E-state index in [1.165, 1.54) is 12.8 Å². The highest BCUT2D eigenvalue weighted by molar-refractivity contribution is 5.76. The number of hydrogen-bond donors (Lipinski definition) is 0. The second kappa shape index (κ2) is 9.04. The van der Waals surface area contributed by atoms with Crippen LogP contribution in [0.4, 0.5) is 0 Å². The molecule has 0 aliphatic carbocycles. The van der Waals surface area contributed by atoms with Crippen LogP contribution in [-0.4, -0.2) is 55.5 Å². The monoisotopic (exact) mass is 342 g/mol. The van der Waals surface area contributed by atoms with Crippen LogP contribution in [0.15, 0.2) is 30.3 Å². The average molecular weight is 342 g/mol. The minimum absolute atomic E-state index is 0.381. The van der Waals surface area contributed by atoms with Crippen molar-refractivity contribution >= 4 is 12.0 Å². The van der Waals surface area contributed by atoms with E-state index in [2.05, 4.69) is 28.0 Å². The highest BCUT2D eigenvalue weighted by Gasteiger charge is 2.24. The molecule has 0 aromatic heterocycles. The number of benzene rings is 1. The van der Waals surface area contributed by atoms with Crippen molar-refractivity contribution in [2.45, 2.75) is 32.1 Å². The van der Waals surface area contributed by atoms with Gasteiger partial charge in [-0.2, -0.15) is 0 Å². The second-order valence-corrected chi connectivity index (χ2v) is 7.18. The van der Waals surface area contributed by atoms with Gasteiger partial charge in [-0.15, -0.1) is 0 Å². The molecule has 0 atom stereocenters. The highest BCUT2D eigenvalue weighted by atomic mass is 16.5. The van der Waals surface area contributed by atoms with Gasteiger partial charge in [-0.3, -0.25) is 9.69 Å². The number of carbonyl (C=O) groups is 1. The van der Waals surface area contributed by atoms with Crippen LogP contribution in [0.2, 0.25) is 0 Å². The van der Waals surface area contributed by atoms with Crippen molar-refractivity contribution < 1.29 is 9.53 Å². The average Bonchev–Trinajstić information content (AvgIpc) is 3.18. The van der Waals surface area contributed by atoms with Crippen molar-refractivity contribution in [3.05, 3.63) is 35.9 Å². The summed E-state index contributed by atoms with van der Waals surface area (Å²) in [4.78, 5) is 16.8. The summed E-state index contributed by atoms with van der Waals surface area (Å²) in [5.41, 5.74) is 1.12. The van der Waals surface area contributed by atoms with Crippen LogP contribution >= 0.6 is 0 Å². The Balaban J connectivity index is 1.40. The topological polar surface area (TPSA) is 32.8 Å². The molecule has 25 heavy (non-hydrogen) atoms. The number of likely N-dealkylation sites (tertiary alicyclic amines) is 2. The third-order valence-electron chi connectivity index (χ3n) is 5.43. The number of nitrogens with zero attached hydrogens (tertiary/aromatic N) is 2. The molecule has 2 fully saturated rings. The van der Waals surface area contributed by atoms with Gasteiger partial charge in [-0.05, 0) is 50.8 Å². The number of carbonyl (C=O) groups excluding carboxylic acids is 1. The summed E-state index contributed by atoms with van der Waals surface area (Å²) < 4.78 is 5.38. The van der Waals surface area contributed by atoms with Gasteiger partial charge in [0.25, 0.3) is 0 Å². The first kappa shape index (κ1) is 18.0. The molecule has 4 heteroatoms. The third-order valence-corrected chi connectivity index (χ3v) is 5.43. The van der Waals surface area contributed by atoms with Crippen LogP contribution in [0.1, 0.15) is 37.7 Å². The molecule has 0 N–H and O–H groups in total. The van der Waals surface area contributed by atoms with Gasteiger partial charge in [-0.25, -0.2) is 0 Å². The lowest BCUT2D eigenvalue weighted by Gasteiger charge is -2.31. The first-order chi connectivity index (χ1) is 12.3. The second-order valence-electron chi connectivity index (χ2n) is 7.18. The fourth-order valence-electron chi connectivity index (χ4n) is 3.85. The summed E-state index contributed by atoms with van der Waals surface area (Å²) in [6.07, 6.45) is 9.76. The number of ether oxygens (including phenoxy) is 1.